The van der Waals surface area contributed by atoms with E-state index in [1.807, 2.05) is 19.9 Å². The number of benzene rings is 2. The van der Waals surface area contributed by atoms with E-state index in [-0.39, 0.29) is 75.0 Å². The number of nitrogen functional groups attached to an aromatic ring is 1. The van der Waals surface area contributed by atoms with Crippen LogP contribution in [0.3, 0.4) is 0 Å². The number of pyridine rings is 1. The van der Waals surface area contributed by atoms with Crippen LogP contribution in [0.2, 0.25) is 0 Å². The molecule has 1 unspecified atom stereocenters. The van der Waals surface area contributed by atoms with Crippen molar-refractivity contribution in [2.45, 2.75) is 39.0 Å². The summed E-state index contributed by atoms with van der Waals surface area (Å²) in [6.45, 7) is 3.60. The largest absolute Gasteiger partial charge is 0.490 e. The molecule has 46 heavy (non-hydrogen) atoms. The molecule has 0 amide bonds. The van der Waals surface area contributed by atoms with Gasteiger partial charge in [0.15, 0.2) is 5.82 Å². The van der Waals surface area contributed by atoms with Crippen LogP contribution in [0.1, 0.15) is 37.0 Å². The number of hydrogen-bond donors (Lipinski definition) is 2. The van der Waals surface area contributed by atoms with Crippen molar-refractivity contribution in [1.29, 1.82) is 5.26 Å². The molecule has 15 heteroatoms. The third-order valence-corrected chi connectivity index (χ3v) is 8.95. The highest BCUT2D eigenvalue weighted by molar-refractivity contribution is 7.23. The summed E-state index contributed by atoms with van der Waals surface area (Å²) in [4.78, 5) is 14.1. The maximum absolute atomic E-state index is 16.9. The first-order valence-corrected chi connectivity index (χ1v) is 15.0. The van der Waals surface area contributed by atoms with Crippen molar-refractivity contribution in [3.05, 3.63) is 58.8 Å². The molecule has 5 aromatic rings. The molecule has 4 heterocycles. The number of ether oxygens (including phenoxy) is 2. The lowest BCUT2D eigenvalue weighted by atomic mass is 9.91. The molecular weight excluding hydrogens is 629 g/mol. The van der Waals surface area contributed by atoms with Crippen LogP contribution in [-0.2, 0) is 12.7 Å². The maximum Gasteiger partial charge on any atom is 0.420 e. The maximum atomic E-state index is 16.9. The van der Waals surface area contributed by atoms with Gasteiger partial charge in [-0.2, -0.15) is 28.4 Å². The zero-order chi connectivity index (χ0) is 32.9. The first-order chi connectivity index (χ1) is 22.0. The quantitative estimate of drug-likeness (QED) is 0.174. The van der Waals surface area contributed by atoms with Crippen LogP contribution in [0, 0.1) is 23.0 Å². The van der Waals surface area contributed by atoms with Crippen molar-refractivity contribution in [2.75, 3.05) is 36.2 Å². The molecule has 238 valence electrons. The molecule has 6 rings (SSSR count). The van der Waals surface area contributed by atoms with Gasteiger partial charge in [0, 0.05) is 35.3 Å². The Bertz CT molecular complexity index is 2040. The van der Waals surface area contributed by atoms with Gasteiger partial charge < -0.3 is 25.4 Å². The lowest BCUT2D eigenvalue weighted by molar-refractivity contribution is -0.138. The van der Waals surface area contributed by atoms with Crippen molar-refractivity contribution < 1.29 is 31.4 Å². The van der Waals surface area contributed by atoms with Crippen LogP contribution in [0.25, 0.3) is 32.1 Å². The number of nitrogens with one attached hydrogen (secondary N) is 1. The third-order valence-electron chi connectivity index (χ3n) is 7.82. The minimum atomic E-state index is -5.17. The Hall–Kier alpha value is -4.97. The van der Waals surface area contributed by atoms with Gasteiger partial charge in [0.1, 0.15) is 52.0 Å². The van der Waals surface area contributed by atoms with E-state index in [1.165, 1.54) is 13.3 Å². The van der Waals surface area contributed by atoms with E-state index in [4.69, 9.17) is 15.2 Å². The number of anilines is 3. The van der Waals surface area contributed by atoms with E-state index in [0.717, 1.165) is 23.5 Å². The van der Waals surface area contributed by atoms with E-state index in [9.17, 15) is 5.26 Å². The van der Waals surface area contributed by atoms with Crippen LogP contribution in [0.4, 0.5) is 38.6 Å². The number of thiophene rings is 1. The van der Waals surface area contributed by atoms with Gasteiger partial charge in [-0.05, 0) is 31.0 Å². The summed E-state index contributed by atoms with van der Waals surface area (Å²) in [6, 6.07) is 6.90. The number of nitrogens with zero attached hydrogens (tertiary/aromatic N) is 5. The van der Waals surface area contributed by atoms with Gasteiger partial charge >= 0.3 is 12.2 Å². The summed E-state index contributed by atoms with van der Waals surface area (Å²) in [6.07, 6.45) is -3.01. The first kappa shape index (κ1) is 31.0. The van der Waals surface area contributed by atoms with Gasteiger partial charge in [0.25, 0.3) is 0 Å². The van der Waals surface area contributed by atoms with Crippen LogP contribution < -0.4 is 25.4 Å². The highest BCUT2D eigenvalue weighted by Crippen LogP contribution is 2.53. The van der Waals surface area contributed by atoms with Gasteiger partial charge in [-0.25, -0.2) is 13.8 Å². The van der Waals surface area contributed by atoms with E-state index in [1.54, 1.807) is 17.0 Å². The second kappa shape index (κ2) is 11.8. The van der Waals surface area contributed by atoms with E-state index < -0.39 is 40.2 Å². The van der Waals surface area contributed by atoms with Crippen LogP contribution in [-0.4, -0.2) is 41.3 Å². The molecule has 2 aromatic carbocycles. The number of nitrogens with two attached hydrogens (primary N) is 1. The van der Waals surface area contributed by atoms with Gasteiger partial charge in [-0.1, -0.05) is 19.1 Å². The lowest BCUT2D eigenvalue weighted by Gasteiger charge is -2.24. The first-order valence-electron chi connectivity index (χ1n) is 14.2. The molecule has 9 nitrogen and oxygen atoms in total. The zero-order valence-electron chi connectivity index (χ0n) is 24.7. The fourth-order valence-corrected chi connectivity index (χ4v) is 6.67. The summed E-state index contributed by atoms with van der Waals surface area (Å²) in [5.74, 6) is -2.68. The summed E-state index contributed by atoms with van der Waals surface area (Å²) in [5, 5.41) is 13.0. The monoisotopic (exact) mass is 655 g/mol. The van der Waals surface area contributed by atoms with E-state index in [2.05, 4.69) is 20.3 Å². The summed E-state index contributed by atoms with van der Waals surface area (Å²) >= 11 is 0.875. The Morgan fingerprint density at radius 2 is 2.00 bits per heavy atom. The Balaban J connectivity index is 1.71. The molecule has 0 spiro atoms. The Morgan fingerprint density at radius 3 is 2.67 bits per heavy atom. The second-order valence-electron chi connectivity index (χ2n) is 10.6. The number of rotatable bonds is 7. The molecule has 0 radical (unpaired) electrons. The fourth-order valence-electron chi connectivity index (χ4n) is 5.47. The normalized spacial score (nSPS) is 13.8. The van der Waals surface area contributed by atoms with Crippen molar-refractivity contribution in [2.24, 2.45) is 0 Å². The van der Waals surface area contributed by atoms with Gasteiger partial charge in [0.05, 0.1) is 29.3 Å². The average molecular weight is 656 g/mol. The molecule has 3 aromatic heterocycles. The number of halogens is 5. The number of nitriles is 1. The van der Waals surface area contributed by atoms with Crippen LogP contribution in [0.15, 0.2) is 30.5 Å². The van der Waals surface area contributed by atoms with Gasteiger partial charge in [-0.15, -0.1) is 11.3 Å². The van der Waals surface area contributed by atoms with Crippen molar-refractivity contribution >= 4 is 49.0 Å². The molecule has 0 bridgehead atoms. The van der Waals surface area contributed by atoms with Crippen LogP contribution in [0.5, 0.6) is 11.8 Å². The highest BCUT2D eigenvalue weighted by Gasteiger charge is 2.44. The SMILES string of the molecule is CCC(C)Nc1sc2c(F)ccc(-c3c(C(F)(F)F)c4c5c(nc(OC)nc5c3F)N(Cc3cccnc3N)CCO4)c2c1C#N. The standard InChI is InChI=1S/C31H26F5N7O2S/c1-4-14(2)40-29-17(12-37)19-16(7-8-18(32)26(19)46-29)20-22(31(34,35)36)25-21-24(23(20)33)41-30(44-3)42-28(21)43(10-11-45-25)13-15-6-5-9-39-27(15)38/h5-9,14,40H,4,10-11,13H2,1-3H3,(H2,38,39). The minimum Gasteiger partial charge on any atom is -0.490 e. The van der Waals surface area contributed by atoms with Crippen molar-refractivity contribution in [3.8, 4) is 29.0 Å². The summed E-state index contributed by atoms with van der Waals surface area (Å²) in [7, 11) is 1.24. The number of methoxy groups -OCH3 is 1. The Labute approximate surface area is 263 Å². The topological polar surface area (TPSA) is 122 Å². The van der Waals surface area contributed by atoms with Crippen molar-refractivity contribution in [3.63, 3.8) is 0 Å². The Kier molecular flexibility index (Phi) is 7.93. The van der Waals surface area contributed by atoms with Crippen molar-refractivity contribution in [1.82, 2.24) is 15.0 Å². The molecule has 1 atom stereocenters. The molecule has 0 fully saturated rings. The lowest BCUT2D eigenvalue weighted by Crippen LogP contribution is -2.28. The Morgan fingerprint density at radius 1 is 1.22 bits per heavy atom. The molecule has 0 saturated heterocycles. The summed E-state index contributed by atoms with van der Waals surface area (Å²) in [5.41, 5.74) is 3.29. The average Bonchev–Trinajstić information content (AvgIpc) is 3.30. The number of alkyl halides is 3. The molecule has 3 N–H and O–H groups in total. The number of hydrogen-bond acceptors (Lipinski definition) is 10. The molecule has 1 aliphatic heterocycles. The highest BCUT2D eigenvalue weighted by atomic mass is 32.1. The van der Waals surface area contributed by atoms with Crippen LogP contribution >= 0.6 is 11.3 Å². The smallest absolute Gasteiger partial charge is 0.420 e. The minimum absolute atomic E-state index is 0.0427. The van der Waals surface area contributed by atoms with E-state index in [0.29, 0.717) is 12.0 Å². The second-order valence-corrected chi connectivity index (χ2v) is 11.7. The molecule has 1 aliphatic rings. The zero-order valence-corrected chi connectivity index (χ0v) is 25.5. The number of aromatic nitrogens is 3. The predicted octanol–water partition coefficient (Wildman–Crippen LogP) is 7.28. The third kappa shape index (κ3) is 5.12. The number of fused-ring (bicyclic) bond motifs is 1. The van der Waals surface area contributed by atoms with E-state index >= 15 is 22.0 Å². The van der Waals surface area contributed by atoms with Gasteiger partial charge in [-0.3, -0.25) is 0 Å². The summed E-state index contributed by atoms with van der Waals surface area (Å²) < 4.78 is 88.7. The molecule has 0 aliphatic carbocycles. The molecular formula is C31H26F5N7O2S. The van der Waals surface area contributed by atoms with Gasteiger partial charge in [0.2, 0.25) is 0 Å². The fraction of sp³-hybridized carbons (Fsp3) is 0.290. The molecule has 0 saturated carbocycles. The predicted molar refractivity (Wildman–Crippen MR) is 165 cm³/mol.